The van der Waals surface area contributed by atoms with Crippen LogP contribution in [0.15, 0.2) is 29.0 Å². The second-order valence-electron chi connectivity index (χ2n) is 3.56. The summed E-state index contributed by atoms with van der Waals surface area (Å²) in [4.78, 5) is 7.85. The molecule has 0 aliphatic rings. The summed E-state index contributed by atoms with van der Waals surface area (Å²) in [6.45, 7) is 2.01. The molecule has 0 radical (unpaired) electrons. The standard InChI is InChI=1S/C11H10BrClN4/c1-6-2-7(12)4-8(3-6)17-11-9(13)10(14)15-5-16-11/h2-5H,1H3,(H3,14,15,16,17). The van der Waals surface area contributed by atoms with Crippen molar-refractivity contribution in [1.82, 2.24) is 9.97 Å². The van der Waals surface area contributed by atoms with Crippen molar-refractivity contribution in [3.8, 4) is 0 Å². The van der Waals surface area contributed by atoms with E-state index in [4.69, 9.17) is 17.3 Å². The van der Waals surface area contributed by atoms with Gasteiger partial charge in [0.15, 0.2) is 5.82 Å². The molecule has 0 saturated heterocycles. The van der Waals surface area contributed by atoms with E-state index in [1.165, 1.54) is 6.33 Å². The molecule has 0 unspecified atom stereocenters. The number of nitrogens with two attached hydrogens (primary N) is 1. The normalized spacial score (nSPS) is 10.3. The van der Waals surface area contributed by atoms with Gasteiger partial charge in [-0.3, -0.25) is 0 Å². The smallest absolute Gasteiger partial charge is 0.154 e. The minimum Gasteiger partial charge on any atom is -0.382 e. The van der Waals surface area contributed by atoms with E-state index >= 15 is 0 Å². The van der Waals surface area contributed by atoms with Gasteiger partial charge in [0.25, 0.3) is 0 Å². The fourth-order valence-corrected chi connectivity index (χ4v) is 2.17. The molecule has 3 N–H and O–H groups in total. The van der Waals surface area contributed by atoms with Crippen molar-refractivity contribution in [2.24, 2.45) is 0 Å². The first-order valence-corrected chi connectivity index (χ1v) is 6.03. The van der Waals surface area contributed by atoms with Crippen molar-refractivity contribution >= 4 is 44.9 Å². The van der Waals surface area contributed by atoms with Crippen LogP contribution in [0.3, 0.4) is 0 Å². The zero-order chi connectivity index (χ0) is 12.4. The summed E-state index contributed by atoms with van der Waals surface area (Å²) in [6, 6.07) is 5.93. The summed E-state index contributed by atoms with van der Waals surface area (Å²) >= 11 is 9.43. The molecule has 2 rings (SSSR count). The summed E-state index contributed by atoms with van der Waals surface area (Å²) in [6.07, 6.45) is 1.37. The van der Waals surface area contributed by atoms with Crippen molar-refractivity contribution in [1.29, 1.82) is 0 Å². The summed E-state index contributed by atoms with van der Waals surface area (Å²) in [5, 5.41) is 3.43. The molecule has 0 fully saturated rings. The molecule has 0 aliphatic heterocycles. The van der Waals surface area contributed by atoms with E-state index in [9.17, 15) is 0 Å². The van der Waals surface area contributed by atoms with Gasteiger partial charge in [-0.25, -0.2) is 9.97 Å². The molecule has 4 nitrogen and oxygen atoms in total. The average molecular weight is 314 g/mol. The zero-order valence-electron chi connectivity index (χ0n) is 9.04. The van der Waals surface area contributed by atoms with Gasteiger partial charge in [-0.05, 0) is 30.7 Å². The van der Waals surface area contributed by atoms with Gasteiger partial charge in [0, 0.05) is 10.2 Å². The lowest BCUT2D eigenvalue weighted by Crippen LogP contribution is -1.99. The number of nitrogen functional groups attached to an aromatic ring is 1. The molecule has 0 amide bonds. The maximum absolute atomic E-state index is 6.00. The lowest BCUT2D eigenvalue weighted by atomic mass is 10.2. The molecule has 0 spiro atoms. The number of hydrogen-bond acceptors (Lipinski definition) is 4. The van der Waals surface area contributed by atoms with Crippen LogP contribution in [0.2, 0.25) is 5.02 Å². The molecule has 1 heterocycles. The number of benzene rings is 1. The van der Waals surface area contributed by atoms with Crippen LogP contribution in [-0.2, 0) is 0 Å². The fraction of sp³-hybridized carbons (Fsp3) is 0.0909. The van der Waals surface area contributed by atoms with Crippen LogP contribution in [0.4, 0.5) is 17.3 Å². The van der Waals surface area contributed by atoms with Gasteiger partial charge in [0.2, 0.25) is 0 Å². The molecule has 0 bridgehead atoms. The number of aromatic nitrogens is 2. The molecule has 1 aromatic carbocycles. The van der Waals surface area contributed by atoms with E-state index < -0.39 is 0 Å². The summed E-state index contributed by atoms with van der Waals surface area (Å²) < 4.78 is 0.984. The largest absolute Gasteiger partial charge is 0.382 e. The Labute approximate surface area is 112 Å². The van der Waals surface area contributed by atoms with Crippen LogP contribution >= 0.6 is 27.5 Å². The Balaban J connectivity index is 2.34. The topological polar surface area (TPSA) is 63.8 Å². The van der Waals surface area contributed by atoms with Crippen LogP contribution in [0.25, 0.3) is 0 Å². The van der Waals surface area contributed by atoms with E-state index in [1.54, 1.807) is 0 Å². The number of halogens is 2. The maximum atomic E-state index is 6.00. The monoisotopic (exact) mass is 312 g/mol. The van der Waals surface area contributed by atoms with Crippen LogP contribution in [0.1, 0.15) is 5.56 Å². The molecule has 17 heavy (non-hydrogen) atoms. The van der Waals surface area contributed by atoms with E-state index in [1.807, 2.05) is 25.1 Å². The van der Waals surface area contributed by atoms with E-state index in [0.29, 0.717) is 10.8 Å². The first-order chi connectivity index (χ1) is 8.06. The van der Waals surface area contributed by atoms with Crippen molar-refractivity contribution in [3.05, 3.63) is 39.6 Å². The summed E-state index contributed by atoms with van der Waals surface area (Å²) in [5.41, 5.74) is 7.61. The number of anilines is 3. The van der Waals surface area contributed by atoms with Crippen LogP contribution in [-0.4, -0.2) is 9.97 Å². The van der Waals surface area contributed by atoms with Crippen molar-refractivity contribution < 1.29 is 0 Å². The Morgan fingerprint density at radius 3 is 2.76 bits per heavy atom. The average Bonchev–Trinajstić information content (AvgIpc) is 2.23. The second kappa shape index (κ2) is 4.89. The Bertz CT molecular complexity index is 539. The van der Waals surface area contributed by atoms with E-state index in [-0.39, 0.29) is 5.82 Å². The highest BCUT2D eigenvalue weighted by Gasteiger charge is 2.07. The fourth-order valence-electron chi connectivity index (χ4n) is 1.42. The first-order valence-electron chi connectivity index (χ1n) is 4.86. The van der Waals surface area contributed by atoms with Crippen LogP contribution < -0.4 is 11.1 Å². The Morgan fingerprint density at radius 2 is 2.06 bits per heavy atom. The lowest BCUT2D eigenvalue weighted by Gasteiger charge is -2.09. The van der Waals surface area contributed by atoms with E-state index in [0.717, 1.165) is 15.7 Å². The molecule has 1 aromatic heterocycles. The highest BCUT2D eigenvalue weighted by atomic mass is 79.9. The molecular weight excluding hydrogens is 304 g/mol. The van der Waals surface area contributed by atoms with Gasteiger partial charge >= 0.3 is 0 Å². The number of hydrogen-bond donors (Lipinski definition) is 2. The van der Waals surface area contributed by atoms with Crippen LogP contribution in [0, 0.1) is 6.92 Å². The van der Waals surface area contributed by atoms with Gasteiger partial charge in [-0.15, -0.1) is 0 Å². The maximum Gasteiger partial charge on any atom is 0.154 e. The van der Waals surface area contributed by atoms with Crippen LogP contribution in [0.5, 0.6) is 0 Å². The van der Waals surface area contributed by atoms with Crippen molar-refractivity contribution in [2.75, 3.05) is 11.1 Å². The number of rotatable bonds is 2. The van der Waals surface area contributed by atoms with Gasteiger partial charge in [0.05, 0.1) is 0 Å². The molecule has 0 saturated carbocycles. The Kier molecular flexibility index (Phi) is 3.49. The molecular formula is C11H10BrClN4. The van der Waals surface area contributed by atoms with Gasteiger partial charge < -0.3 is 11.1 Å². The third-order valence-corrected chi connectivity index (χ3v) is 2.95. The Hall–Kier alpha value is -1.33. The quantitative estimate of drug-likeness (QED) is 0.890. The molecule has 88 valence electrons. The van der Waals surface area contributed by atoms with Gasteiger partial charge in [0.1, 0.15) is 17.2 Å². The molecule has 0 atom stereocenters. The molecule has 2 aromatic rings. The lowest BCUT2D eigenvalue weighted by molar-refractivity contribution is 1.17. The number of nitrogens with one attached hydrogen (secondary N) is 1. The minimum atomic E-state index is 0.260. The van der Waals surface area contributed by atoms with Crippen molar-refractivity contribution in [2.45, 2.75) is 6.92 Å². The predicted octanol–water partition coefficient (Wildman–Crippen LogP) is 3.53. The third kappa shape index (κ3) is 2.87. The first kappa shape index (κ1) is 12.1. The minimum absolute atomic E-state index is 0.260. The number of aryl methyl sites for hydroxylation is 1. The predicted molar refractivity (Wildman–Crippen MR) is 73.6 cm³/mol. The molecule has 0 aliphatic carbocycles. The third-order valence-electron chi connectivity index (χ3n) is 2.12. The summed E-state index contributed by atoms with van der Waals surface area (Å²) in [7, 11) is 0. The second-order valence-corrected chi connectivity index (χ2v) is 4.86. The van der Waals surface area contributed by atoms with Gasteiger partial charge in [-0.1, -0.05) is 27.5 Å². The highest BCUT2D eigenvalue weighted by molar-refractivity contribution is 9.10. The van der Waals surface area contributed by atoms with E-state index in [2.05, 4.69) is 31.2 Å². The SMILES string of the molecule is Cc1cc(Br)cc(Nc2ncnc(N)c2Cl)c1. The molecule has 6 heteroatoms. The Morgan fingerprint density at radius 1 is 1.29 bits per heavy atom. The van der Waals surface area contributed by atoms with Gasteiger partial charge in [-0.2, -0.15) is 0 Å². The number of nitrogens with zero attached hydrogens (tertiary/aromatic N) is 2. The summed E-state index contributed by atoms with van der Waals surface area (Å²) in [5.74, 6) is 0.757. The highest BCUT2D eigenvalue weighted by Crippen LogP contribution is 2.28. The van der Waals surface area contributed by atoms with Crippen molar-refractivity contribution in [3.63, 3.8) is 0 Å². The zero-order valence-corrected chi connectivity index (χ0v) is 11.4.